The van der Waals surface area contributed by atoms with Crippen molar-refractivity contribution in [1.29, 1.82) is 0 Å². The quantitative estimate of drug-likeness (QED) is 0.762. The average Bonchev–Trinajstić information content (AvgIpc) is 2.37. The maximum Gasteiger partial charge on any atom is 0.309 e. The molecule has 0 spiro atoms. The van der Waals surface area contributed by atoms with Gasteiger partial charge in [-0.25, -0.2) is 0 Å². The number of esters is 1. The average molecular weight is 280 g/mol. The predicted octanol–water partition coefficient (Wildman–Crippen LogP) is 4.03. The molecule has 19 heavy (non-hydrogen) atoms. The first kappa shape index (κ1) is 16.1. The van der Waals surface area contributed by atoms with Gasteiger partial charge in [-0.05, 0) is 16.5 Å². The van der Waals surface area contributed by atoms with Gasteiger partial charge >= 0.3 is 5.97 Å². The normalized spacial score (nSPS) is 13.1. The number of hydrogen-bond donors (Lipinski definition) is 0. The molecule has 106 valence electrons. The van der Waals surface area contributed by atoms with E-state index < -0.39 is 0 Å². The Hall–Kier alpha value is -0.960. The fourth-order valence-corrected chi connectivity index (χ4v) is 2.76. The van der Waals surface area contributed by atoms with Crippen molar-refractivity contribution >= 4 is 17.7 Å². The Balaban J connectivity index is 2.45. The highest BCUT2D eigenvalue weighted by Crippen LogP contribution is 2.23. The van der Waals surface area contributed by atoms with Gasteiger partial charge in [-0.2, -0.15) is 11.8 Å². The van der Waals surface area contributed by atoms with Gasteiger partial charge in [-0.3, -0.25) is 4.79 Å². The van der Waals surface area contributed by atoms with E-state index in [1.165, 1.54) is 18.2 Å². The Morgan fingerprint density at radius 1 is 1.26 bits per heavy atom. The van der Waals surface area contributed by atoms with Crippen LogP contribution in [0.4, 0.5) is 0 Å². The van der Waals surface area contributed by atoms with E-state index in [-0.39, 0.29) is 17.3 Å². The van der Waals surface area contributed by atoms with Crippen molar-refractivity contribution in [1.82, 2.24) is 0 Å². The summed E-state index contributed by atoms with van der Waals surface area (Å²) in [6, 6.07) is 8.74. The van der Waals surface area contributed by atoms with E-state index in [4.69, 9.17) is 4.74 Å². The van der Waals surface area contributed by atoms with E-state index in [1.54, 1.807) is 11.8 Å². The van der Waals surface area contributed by atoms with Gasteiger partial charge in [0.25, 0.3) is 0 Å². The zero-order valence-electron chi connectivity index (χ0n) is 12.5. The molecule has 1 rings (SSSR count). The van der Waals surface area contributed by atoms with Gasteiger partial charge in [-0.1, -0.05) is 52.0 Å². The van der Waals surface area contributed by atoms with Crippen LogP contribution < -0.4 is 0 Å². The molecule has 0 heterocycles. The summed E-state index contributed by atoms with van der Waals surface area (Å²) in [6.45, 7) is 8.56. The molecule has 0 N–H and O–H groups in total. The van der Waals surface area contributed by atoms with Gasteiger partial charge in [0.2, 0.25) is 0 Å². The van der Waals surface area contributed by atoms with Crippen LogP contribution in [0.2, 0.25) is 0 Å². The van der Waals surface area contributed by atoms with Crippen LogP contribution in [0, 0.1) is 5.92 Å². The lowest BCUT2D eigenvalue weighted by molar-refractivity contribution is -0.143. The molecule has 1 aromatic rings. The maximum atomic E-state index is 11.3. The van der Waals surface area contributed by atoms with E-state index in [0.29, 0.717) is 0 Å². The molecule has 0 amide bonds. The Kier molecular flexibility index (Phi) is 5.92. The van der Waals surface area contributed by atoms with Crippen LogP contribution in [0.3, 0.4) is 0 Å². The zero-order valence-corrected chi connectivity index (χ0v) is 13.3. The number of carbonyl (C=O) groups is 1. The van der Waals surface area contributed by atoms with Crippen molar-refractivity contribution in [2.75, 3.05) is 12.9 Å². The molecule has 1 atom stereocenters. The van der Waals surface area contributed by atoms with Crippen LogP contribution in [0.15, 0.2) is 24.3 Å². The summed E-state index contributed by atoms with van der Waals surface area (Å²) < 4.78 is 4.72. The fourth-order valence-electron chi connectivity index (χ4n) is 1.72. The van der Waals surface area contributed by atoms with Crippen LogP contribution >= 0.6 is 11.8 Å². The Bertz CT molecular complexity index is 404. The highest BCUT2D eigenvalue weighted by atomic mass is 32.2. The van der Waals surface area contributed by atoms with Gasteiger partial charge in [-0.15, -0.1) is 0 Å². The number of hydrogen-bond acceptors (Lipinski definition) is 3. The van der Waals surface area contributed by atoms with Crippen LogP contribution in [0.1, 0.15) is 38.8 Å². The smallest absolute Gasteiger partial charge is 0.309 e. The third kappa shape index (κ3) is 5.27. The number of methoxy groups -OCH3 is 1. The van der Waals surface area contributed by atoms with Crippen LogP contribution in [-0.4, -0.2) is 18.8 Å². The zero-order chi connectivity index (χ0) is 14.5. The lowest BCUT2D eigenvalue weighted by atomic mass is 9.87. The Labute approximate surface area is 120 Å². The molecule has 0 fully saturated rings. The number of carbonyl (C=O) groups excluding carboxylic acids is 1. The predicted molar refractivity (Wildman–Crippen MR) is 82.5 cm³/mol. The van der Waals surface area contributed by atoms with Gasteiger partial charge in [0.05, 0.1) is 13.0 Å². The summed E-state index contributed by atoms with van der Waals surface area (Å²) in [4.78, 5) is 11.3. The van der Waals surface area contributed by atoms with Gasteiger partial charge in [0.1, 0.15) is 0 Å². The fraction of sp³-hybridized carbons (Fsp3) is 0.562. The molecule has 0 radical (unpaired) electrons. The topological polar surface area (TPSA) is 26.3 Å². The molecule has 3 heteroatoms. The largest absolute Gasteiger partial charge is 0.469 e. The second-order valence-electron chi connectivity index (χ2n) is 5.89. The van der Waals surface area contributed by atoms with E-state index in [2.05, 4.69) is 45.0 Å². The molecule has 0 saturated carbocycles. The van der Waals surface area contributed by atoms with E-state index in [0.717, 1.165) is 11.5 Å². The van der Waals surface area contributed by atoms with Crippen molar-refractivity contribution < 1.29 is 9.53 Å². The highest BCUT2D eigenvalue weighted by Gasteiger charge is 2.14. The molecule has 0 saturated heterocycles. The minimum absolute atomic E-state index is 0.0381. The molecular formula is C16H24O2S. The number of thioether (sulfide) groups is 1. The minimum atomic E-state index is -0.129. The molecule has 0 aliphatic rings. The molecule has 0 aromatic heterocycles. The van der Waals surface area contributed by atoms with E-state index >= 15 is 0 Å². The summed E-state index contributed by atoms with van der Waals surface area (Å²) in [7, 11) is 1.44. The van der Waals surface area contributed by atoms with Gasteiger partial charge in [0, 0.05) is 11.5 Å². The number of benzene rings is 1. The first-order chi connectivity index (χ1) is 8.84. The second-order valence-corrected chi connectivity index (χ2v) is 6.92. The Morgan fingerprint density at radius 3 is 2.32 bits per heavy atom. The Morgan fingerprint density at radius 2 is 1.84 bits per heavy atom. The van der Waals surface area contributed by atoms with Gasteiger partial charge < -0.3 is 4.74 Å². The van der Waals surface area contributed by atoms with E-state index in [1.807, 2.05) is 6.92 Å². The van der Waals surface area contributed by atoms with Crippen LogP contribution in [-0.2, 0) is 20.7 Å². The van der Waals surface area contributed by atoms with Crippen molar-refractivity contribution in [3.8, 4) is 0 Å². The molecule has 2 nitrogen and oxygen atoms in total. The first-order valence-corrected chi connectivity index (χ1v) is 7.75. The van der Waals surface area contributed by atoms with E-state index in [9.17, 15) is 4.79 Å². The van der Waals surface area contributed by atoms with Crippen molar-refractivity contribution in [2.45, 2.75) is 38.9 Å². The van der Waals surface area contributed by atoms with Crippen LogP contribution in [0.25, 0.3) is 0 Å². The van der Waals surface area contributed by atoms with Crippen LogP contribution in [0.5, 0.6) is 0 Å². The summed E-state index contributed by atoms with van der Waals surface area (Å²) in [5.74, 6) is 1.57. The summed E-state index contributed by atoms with van der Waals surface area (Å²) >= 11 is 1.77. The third-order valence-corrected chi connectivity index (χ3v) is 4.33. The van der Waals surface area contributed by atoms with Crippen molar-refractivity contribution in [3.63, 3.8) is 0 Å². The lowest BCUT2D eigenvalue weighted by Crippen LogP contribution is -2.14. The van der Waals surface area contributed by atoms with Crippen molar-refractivity contribution in [2.24, 2.45) is 5.92 Å². The number of ether oxygens (including phenoxy) is 1. The monoisotopic (exact) mass is 280 g/mol. The summed E-state index contributed by atoms with van der Waals surface area (Å²) in [6.07, 6.45) is 0. The van der Waals surface area contributed by atoms with Crippen molar-refractivity contribution in [3.05, 3.63) is 35.4 Å². The standard InChI is InChI=1S/C16H24O2S/c1-12(15(17)18-5)10-19-11-13-6-8-14(9-7-13)16(2,3)4/h6-9,12H,10-11H2,1-5H3. The lowest BCUT2D eigenvalue weighted by Gasteiger charge is -2.19. The van der Waals surface area contributed by atoms with Gasteiger partial charge in [0.15, 0.2) is 0 Å². The molecule has 0 bridgehead atoms. The molecule has 1 aromatic carbocycles. The molecule has 1 unspecified atom stereocenters. The SMILES string of the molecule is COC(=O)C(C)CSCc1ccc(C(C)(C)C)cc1. The minimum Gasteiger partial charge on any atom is -0.469 e. The summed E-state index contributed by atoms with van der Waals surface area (Å²) in [5, 5.41) is 0. The first-order valence-electron chi connectivity index (χ1n) is 6.59. The second kappa shape index (κ2) is 6.99. The molecular weight excluding hydrogens is 256 g/mol. The molecule has 0 aliphatic heterocycles. The third-order valence-electron chi connectivity index (χ3n) is 3.06. The maximum absolute atomic E-state index is 11.3. The highest BCUT2D eigenvalue weighted by molar-refractivity contribution is 7.98. The summed E-state index contributed by atoms with van der Waals surface area (Å²) in [5.41, 5.74) is 2.85. The molecule has 0 aliphatic carbocycles. The number of rotatable bonds is 5.